The first-order valence-electron chi connectivity index (χ1n) is 9.18. The first kappa shape index (κ1) is 20.0. The monoisotopic (exact) mass is 402 g/mol. The third-order valence-electron chi connectivity index (χ3n) is 4.41. The molecule has 2 heterocycles. The van der Waals surface area contributed by atoms with Crippen LogP contribution < -0.4 is 15.5 Å². The number of nitrogens with zero attached hydrogens (tertiary/aromatic N) is 4. The molecule has 0 atom stereocenters. The van der Waals surface area contributed by atoms with Crippen LogP contribution in [0.3, 0.4) is 0 Å². The fourth-order valence-electron chi connectivity index (χ4n) is 3.00. The minimum Gasteiger partial charge on any atom is -0.352 e. The Morgan fingerprint density at radius 3 is 2.50 bits per heavy atom. The van der Waals surface area contributed by atoms with Gasteiger partial charge < -0.3 is 15.5 Å². The van der Waals surface area contributed by atoms with Gasteiger partial charge in [0.15, 0.2) is 0 Å². The predicted molar refractivity (Wildman–Crippen MR) is 109 cm³/mol. The fraction of sp³-hybridized carbons (Fsp3) is 0.368. The lowest BCUT2D eigenvalue weighted by Gasteiger charge is -2.34. The molecule has 2 N–H and O–H groups in total. The summed E-state index contributed by atoms with van der Waals surface area (Å²) in [7, 11) is 0. The highest BCUT2D eigenvalue weighted by Gasteiger charge is 2.20. The van der Waals surface area contributed by atoms with Gasteiger partial charge in [-0.15, -0.1) is 0 Å². The molecule has 1 aliphatic rings. The van der Waals surface area contributed by atoms with Crippen LogP contribution in [0.25, 0.3) is 0 Å². The maximum absolute atomic E-state index is 12.4. The average Bonchev–Trinajstić information content (AvgIpc) is 2.69. The van der Waals surface area contributed by atoms with Gasteiger partial charge >= 0.3 is 0 Å². The van der Waals surface area contributed by atoms with Crippen LogP contribution in [-0.4, -0.2) is 66.0 Å². The molecule has 0 spiro atoms. The number of piperazine rings is 1. The maximum Gasteiger partial charge on any atom is 0.252 e. The van der Waals surface area contributed by atoms with Crippen LogP contribution in [0.2, 0.25) is 5.02 Å². The second-order valence-corrected chi connectivity index (χ2v) is 6.82. The van der Waals surface area contributed by atoms with Gasteiger partial charge in [0.1, 0.15) is 0 Å². The van der Waals surface area contributed by atoms with Crippen LogP contribution in [0, 0.1) is 0 Å². The van der Waals surface area contributed by atoms with Crippen LogP contribution >= 0.6 is 11.6 Å². The van der Waals surface area contributed by atoms with E-state index in [0.717, 1.165) is 26.2 Å². The van der Waals surface area contributed by atoms with Gasteiger partial charge in [0.2, 0.25) is 11.9 Å². The number of nitrogens with one attached hydrogen (secondary N) is 2. The quantitative estimate of drug-likeness (QED) is 0.763. The van der Waals surface area contributed by atoms with Crippen molar-refractivity contribution in [2.24, 2.45) is 0 Å². The Bertz CT molecular complexity index is 824. The zero-order chi connectivity index (χ0) is 19.9. The fourth-order valence-corrected chi connectivity index (χ4v) is 3.26. The highest BCUT2D eigenvalue weighted by Crippen LogP contribution is 2.21. The highest BCUT2D eigenvalue weighted by molar-refractivity contribution is 6.34. The standard InChI is InChI=1S/C19H23ClN6O2/c1-2-21-18(28)15-5-4-14(12-16(15)20)24-17(27)13-25-8-10-26(11-9-25)19-22-6-3-7-23-19/h3-7,12H,2,8-11,13H2,1H3,(H,21,28)(H,24,27). The third-order valence-corrected chi connectivity index (χ3v) is 4.72. The van der Waals surface area contributed by atoms with Crippen molar-refractivity contribution >= 4 is 35.1 Å². The van der Waals surface area contributed by atoms with E-state index < -0.39 is 0 Å². The number of amides is 2. The molecule has 0 saturated carbocycles. The van der Waals surface area contributed by atoms with Crippen molar-refractivity contribution in [3.8, 4) is 0 Å². The number of hydrogen-bond donors (Lipinski definition) is 2. The van der Waals surface area contributed by atoms with E-state index in [1.165, 1.54) is 0 Å². The number of carbonyl (C=O) groups is 2. The number of benzene rings is 1. The molecule has 1 aromatic carbocycles. The van der Waals surface area contributed by atoms with Gasteiger partial charge in [0.25, 0.3) is 5.91 Å². The number of rotatable bonds is 6. The topological polar surface area (TPSA) is 90.5 Å². The van der Waals surface area contributed by atoms with Crippen molar-refractivity contribution < 1.29 is 9.59 Å². The first-order chi connectivity index (χ1) is 13.6. The number of halogens is 1. The molecule has 2 aromatic rings. The normalized spacial score (nSPS) is 14.6. The molecule has 0 radical (unpaired) electrons. The number of hydrogen-bond acceptors (Lipinski definition) is 6. The van der Waals surface area contributed by atoms with E-state index in [9.17, 15) is 9.59 Å². The molecule has 3 rings (SSSR count). The van der Waals surface area contributed by atoms with Crippen molar-refractivity contribution in [1.29, 1.82) is 0 Å². The summed E-state index contributed by atoms with van der Waals surface area (Å²) < 4.78 is 0. The zero-order valence-electron chi connectivity index (χ0n) is 15.7. The van der Waals surface area contributed by atoms with Gasteiger partial charge in [0.05, 0.1) is 17.1 Å². The van der Waals surface area contributed by atoms with Crippen LogP contribution in [0.4, 0.5) is 11.6 Å². The first-order valence-corrected chi connectivity index (χ1v) is 9.56. The van der Waals surface area contributed by atoms with Crippen molar-refractivity contribution in [3.63, 3.8) is 0 Å². The smallest absolute Gasteiger partial charge is 0.252 e. The molecule has 1 fully saturated rings. The predicted octanol–water partition coefficient (Wildman–Crippen LogP) is 1.64. The molecule has 1 aliphatic heterocycles. The van der Waals surface area contributed by atoms with Crippen molar-refractivity contribution in [2.75, 3.05) is 49.5 Å². The average molecular weight is 403 g/mol. The summed E-state index contributed by atoms with van der Waals surface area (Å²) in [6.07, 6.45) is 3.45. The van der Waals surface area contributed by atoms with Crippen molar-refractivity contribution in [1.82, 2.24) is 20.2 Å². The molecule has 1 aromatic heterocycles. The zero-order valence-corrected chi connectivity index (χ0v) is 16.4. The van der Waals surface area contributed by atoms with E-state index in [2.05, 4.69) is 30.4 Å². The summed E-state index contributed by atoms with van der Waals surface area (Å²) in [5.41, 5.74) is 0.958. The van der Waals surface area contributed by atoms with E-state index >= 15 is 0 Å². The molecule has 8 nitrogen and oxygen atoms in total. The third kappa shape index (κ3) is 5.17. The molecule has 0 aliphatic carbocycles. The Balaban J connectivity index is 1.50. The van der Waals surface area contributed by atoms with E-state index in [-0.39, 0.29) is 11.8 Å². The van der Waals surface area contributed by atoms with Gasteiger partial charge in [-0.05, 0) is 31.2 Å². The van der Waals surface area contributed by atoms with Gasteiger partial charge in [-0.3, -0.25) is 14.5 Å². The van der Waals surface area contributed by atoms with Gasteiger partial charge in [-0.2, -0.15) is 0 Å². The summed E-state index contributed by atoms with van der Waals surface area (Å²) in [6, 6.07) is 6.68. The van der Waals surface area contributed by atoms with E-state index in [4.69, 9.17) is 11.6 Å². The molecule has 1 saturated heterocycles. The molecule has 9 heteroatoms. The number of carbonyl (C=O) groups excluding carboxylic acids is 2. The highest BCUT2D eigenvalue weighted by atomic mass is 35.5. The SMILES string of the molecule is CCNC(=O)c1ccc(NC(=O)CN2CCN(c3ncccn3)CC2)cc1Cl. The minimum absolute atomic E-state index is 0.119. The van der Waals surface area contributed by atoms with Crippen LogP contribution in [0.5, 0.6) is 0 Å². The molecule has 28 heavy (non-hydrogen) atoms. The molecule has 0 unspecified atom stereocenters. The van der Waals surface area contributed by atoms with Gasteiger partial charge in [-0.1, -0.05) is 11.6 Å². The maximum atomic E-state index is 12.4. The Kier molecular flexibility index (Phi) is 6.78. The summed E-state index contributed by atoms with van der Waals surface area (Å²) in [5.74, 6) is 0.366. The van der Waals surface area contributed by atoms with Crippen LogP contribution in [0.1, 0.15) is 17.3 Å². The molecular weight excluding hydrogens is 380 g/mol. The van der Waals surface area contributed by atoms with Crippen LogP contribution in [0.15, 0.2) is 36.7 Å². The van der Waals surface area contributed by atoms with Gasteiger partial charge in [0, 0.05) is 50.8 Å². The second-order valence-electron chi connectivity index (χ2n) is 6.41. The lowest BCUT2D eigenvalue weighted by atomic mass is 10.2. The lowest BCUT2D eigenvalue weighted by molar-refractivity contribution is -0.117. The van der Waals surface area contributed by atoms with Crippen LogP contribution in [-0.2, 0) is 4.79 Å². The molecule has 0 bridgehead atoms. The molecule has 148 valence electrons. The summed E-state index contributed by atoms with van der Waals surface area (Å²) in [5, 5.41) is 5.84. The van der Waals surface area contributed by atoms with E-state index in [1.54, 1.807) is 36.7 Å². The van der Waals surface area contributed by atoms with E-state index in [1.807, 2.05) is 6.92 Å². The molecule has 2 amide bonds. The van der Waals surface area contributed by atoms with Crippen molar-refractivity contribution in [3.05, 3.63) is 47.2 Å². The summed E-state index contributed by atoms with van der Waals surface area (Å²) >= 11 is 6.17. The number of anilines is 2. The second kappa shape index (κ2) is 9.48. The van der Waals surface area contributed by atoms with Gasteiger partial charge in [-0.25, -0.2) is 9.97 Å². The molecular formula is C19H23ClN6O2. The minimum atomic E-state index is -0.231. The summed E-state index contributed by atoms with van der Waals surface area (Å²) in [6.45, 7) is 5.70. The van der Waals surface area contributed by atoms with Crippen molar-refractivity contribution in [2.45, 2.75) is 6.92 Å². The van der Waals surface area contributed by atoms with E-state index in [0.29, 0.717) is 35.3 Å². The Morgan fingerprint density at radius 2 is 1.86 bits per heavy atom. The Morgan fingerprint density at radius 1 is 1.14 bits per heavy atom. The summed E-state index contributed by atoms with van der Waals surface area (Å²) in [4.78, 5) is 36.9. The number of aromatic nitrogens is 2. The lowest BCUT2D eigenvalue weighted by Crippen LogP contribution is -2.49. The largest absolute Gasteiger partial charge is 0.352 e. The Labute approximate surface area is 168 Å². The Hall–Kier alpha value is -2.71.